The molecule has 1 saturated heterocycles. The first-order chi connectivity index (χ1) is 13.1. The highest BCUT2D eigenvalue weighted by Gasteiger charge is 2.20. The van der Waals surface area contributed by atoms with Crippen LogP contribution in [0.15, 0.2) is 42.5 Å². The molecule has 0 atom stereocenters. The molecule has 0 saturated carbocycles. The third-order valence-corrected chi connectivity index (χ3v) is 4.93. The number of esters is 1. The Hall–Kier alpha value is -1.79. The Bertz CT molecular complexity index is 764. The Morgan fingerprint density at radius 2 is 1.81 bits per heavy atom. The average Bonchev–Trinajstić information content (AvgIpc) is 2.70. The van der Waals surface area contributed by atoms with E-state index in [-0.39, 0.29) is 22.2 Å². The monoisotopic (exact) mass is 409 g/mol. The Morgan fingerprint density at radius 3 is 2.56 bits per heavy atom. The molecule has 3 rings (SSSR count). The molecule has 27 heavy (non-hydrogen) atoms. The molecule has 144 valence electrons. The van der Waals surface area contributed by atoms with Gasteiger partial charge in [-0.25, -0.2) is 4.79 Å². The van der Waals surface area contributed by atoms with E-state index >= 15 is 0 Å². The van der Waals surface area contributed by atoms with Gasteiger partial charge in [-0.15, -0.1) is 0 Å². The van der Waals surface area contributed by atoms with Crippen LogP contribution in [0.3, 0.4) is 0 Å². The number of carbonyl (C=O) groups is 1. The third kappa shape index (κ3) is 5.59. The summed E-state index contributed by atoms with van der Waals surface area (Å²) in [6, 6.07) is 12.7. The standard InChI is InChI=1S/C20H21Cl2NO4/c21-16-6-7-17(26-13-10-23-8-11-25-12-9-23)19(22)18(16)20(24)27-14-15-4-2-1-3-5-15/h1-7H,8-14H2. The summed E-state index contributed by atoms with van der Waals surface area (Å²) in [5, 5.41) is 0.404. The zero-order chi connectivity index (χ0) is 19.1. The van der Waals surface area contributed by atoms with E-state index in [0.717, 1.165) is 38.4 Å². The summed E-state index contributed by atoms with van der Waals surface area (Å²) in [6.07, 6.45) is 0. The molecule has 1 aliphatic rings. The summed E-state index contributed by atoms with van der Waals surface area (Å²) >= 11 is 12.5. The minimum Gasteiger partial charge on any atom is -0.491 e. The molecule has 2 aromatic rings. The number of nitrogens with zero attached hydrogens (tertiary/aromatic N) is 1. The van der Waals surface area contributed by atoms with Crippen molar-refractivity contribution in [2.24, 2.45) is 0 Å². The molecule has 0 spiro atoms. The highest BCUT2D eigenvalue weighted by Crippen LogP contribution is 2.34. The summed E-state index contributed by atoms with van der Waals surface area (Å²) in [7, 11) is 0. The Morgan fingerprint density at radius 1 is 1.07 bits per heavy atom. The Labute approximate surface area is 168 Å². The van der Waals surface area contributed by atoms with Crippen molar-refractivity contribution >= 4 is 29.2 Å². The van der Waals surface area contributed by atoms with Crippen molar-refractivity contribution in [1.29, 1.82) is 0 Å². The van der Waals surface area contributed by atoms with Gasteiger partial charge in [0.15, 0.2) is 0 Å². The summed E-state index contributed by atoms with van der Waals surface area (Å²) in [4.78, 5) is 14.7. The van der Waals surface area contributed by atoms with E-state index in [2.05, 4.69) is 4.90 Å². The van der Waals surface area contributed by atoms with Gasteiger partial charge in [0, 0.05) is 19.6 Å². The quantitative estimate of drug-likeness (QED) is 0.645. The highest BCUT2D eigenvalue weighted by atomic mass is 35.5. The molecule has 2 aromatic carbocycles. The van der Waals surface area contributed by atoms with Gasteiger partial charge >= 0.3 is 5.97 Å². The molecule has 7 heteroatoms. The number of hydrogen-bond acceptors (Lipinski definition) is 5. The average molecular weight is 410 g/mol. The van der Waals surface area contributed by atoms with E-state index in [1.807, 2.05) is 30.3 Å². The van der Waals surface area contributed by atoms with Crippen LogP contribution >= 0.6 is 23.2 Å². The van der Waals surface area contributed by atoms with E-state index in [4.69, 9.17) is 37.4 Å². The molecule has 0 aromatic heterocycles. The molecule has 0 radical (unpaired) electrons. The van der Waals surface area contributed by atoms with Crippen LogP contribution in [0.2, 0.25) is 10.0 Å². The normalized spacial score (nSPS) is 14.7. The first-order valence-corrected chi connectivity index (χ1v) is 9.52. The van der Waals surface area contributed by atoms with Gasteiger partial charge in [-0.1, -0.05) is 53.5 Å². The minimum atomic E-state index is -0.576. The Balaban J connectivity index is 1.60. The van der Waals surface area contributed by atoms with Crippen molar-refractivity contribution in [2.75, 3.05) is 39.5 Å². The van der Waals surface area contributed by atoms with Crippen molar-refractivity contribution in [3.8, 4) is 5.75 Å². The van der Waals surface area contributed by atoms with Crippen molar-refractivity contribution in [3.05, 3.63) is 63.6 Å². The smallest absolute Gasteiger partial charge is 0.341 e. The van der Waals surface area contributed by atoms with Gasteiger partial charge in [-0.3, -0.25) is 4.90 Å². The summed E-state index contributed by atoms with van der Waals surface area (Å²) < 4.78 is 16.4. The number of morpholine rings is 1. The number of ether oxygens (including phenoxy) is 3. The van der Waals surface area contributed by atoms with Gasteiger partial charge in [0.2, 0.25) is 0 Å². The van der Waals surface area contributed by atoms with Gasteiger partial charge in [0.05, 0.1) is 23.3 Å². The van der Waals surface area contributed by atoms with Crippen molar-refractivity contribution in [1.82, 2.24) is 4.90 Å². The van der Waals surface area contributed by atoms with E-state index in [1.54, 1.807) is 12.1 Å². The number of rotatable bonds is 7. The van der Waals surface area contributed by atoms with Crippen LogP contribution < -0.4 is 4.74 Å². The molecule has 1 aliphatic heterocycles. The fourth-order valence-electron chi connectivity index (χ4n) is 2.74. The second-order valence-corrected chi connectivity index (χ2v) is 6.88. The second kappa shape index (κ2) is 9.95. The minimum absolute atomic E-state index is 0.123. The molecular formula is C20H21Cl2NO4. The second-order valence-electron chi connectivity index (χ2n) is 6.10. The summed E-state index contributed by atoms with van der Waals surface area (Å²) in [6.45, 7) is 4.60. The number of benzene rings is 2. The van der Waals surface area contributed by atoms with E-state index in [9.17, 15) is 4.79 Å². The SMILES string of the molecule is O=C(OCc1ccccc1)c1c(Cl)ccc(OCCN2CCOCC2)c1Cl. The number of hydrogen-bond donors (Lipinski definition) is 0. The first-order valence-electron chi connectivity index (χ1n) is 8.77. The largest absolute Gasteiger partial charge is 0.491 e. The lowest BCUT2D eigenvalue weighted by atomic mass is 10.2. The first kappa shape index (κ1) is 20.0. The van der Waals surface area contributed by atoms with Gasteiger partial charge in [-0.2, -0.15) is 0 Å². The lowest BCUT2D eigenvalue weighted by Crippen LogP contribution is -2.38. The topological polar surface area (TPSA) is 48.0 Å². The van der Waals surface area contributed by atoms with Crippen LogP contribution in [0.25, 0.3) is 0 Å². The van der Waals surface area contributed by atoms with Crippen LogP contribution in [0, 0.1) is 0 Å². The molecule has 1 heterocycles. The molecule has 0 bridgehead atoms. The highest BCUT2D eigenvalue weighted by molar-refractivity contribution is 6.40. The molecule has 0 aliphatic carbocycles. The summed E-state index contributed by atoms with van der Waals surface area (Å²) in [5.41, 5.74) is 1.01. The van der Waals surface area contributed by atoms with Gasteiger partial charge in [0.25, 0.3) is 0 Å². The maximum Gasteiger partial charge on any atom is 0.341 e. The maximum absolute atomic E-state index is 12.5. The zero-order valence-corrected chi connectivity index (χ0v) is 16.3. The van der Waals surface area contributed by atoms with E-state index in [0.29, 0.717) is 12.4 Å². The zero-order valence-electron chi connectivity index (χ0n) is 14.8. The molecular weight excluding hydrogens is 389 g/mol. The predicted molar refractivity (Wildman–Crippen MR) is 105 cm³/mol. The lowest BCUT2D eigenvalue weighted by Gasteiger charge is -2.26. The third-order valence-electron chi connectivity index (χ3n) is 4.24. The number of halogens is 2. The number of carbonyl (C=O) groups excluding carboxylic acids is 1. The molecule has 0 N–H and O–H groups in total. The molecule has 0 unspecified atom stereocenters. The molecule has 5 nitrogen and oxygen atoms in total. The van der Waals surface area contributed by atoms with Crippen LogP contribution in [0.5, 0.6) is 5.75 Å². The van der Waals surface area contributed by atoms with Gasteiger partial charge < -0.3 is 14.2 Å². The summed E-state index contributed by atoms with van der Waals surface area (Å²) in [5.74, 6) is -0.159. The Kier molecular flexibility index (Phi) is 7.35. The van der Waals surface area contributed by atoms with Crippen molar-refractivity contribution in [3.63, 3.8) is 0 Å². The molecule has 1 fully saturated rings. The molecule has 0 amide bonds. The van der Waals surface area contributed by atoms with Crippen LogP contribution in [-0.4, -0.2) is 50.3 Å². The van der Waals surface area contributed by atoms with E-state index in [1.165, 1.54) is 0 Å². The fraction of sp³-hybridized carbons (Fsp3) is 0.350. The van der Waals surface area contributed by atoms with Crippen molar-refractivity contribution < 1.29 is 19.0 Å². The lowest BCUT2D eigenvalue weighted by molar-refractivity contribution is 0.0322. The van der Waals surface area contributed by atoms with Gasteiger partial charge in [0.1, 0.15) is 24.5 Å². The van der Waals surface area contributed by atoms with Crippen molar-refractivity contribution in [2.45, 2.75) is 6.61 Å². The van der Waals surface area contributed by atoms with Gasteiger partial charge in [-0.05, 0) is 17.7 Å². The van der Waals surface area contributed by atoms with Crippen LogP contribution in [0.4, 0.5) is 0 Å². The fourth-order valence-corrected chi connectivity index (χ4v) is 3.32. The van der Waals surface area contributed by atoms with Crippen LogP contribution in [0.1, 0.15) is 15.9 Å². The maximum atomic E-state index is 12.5. The predicted octanol–water partition coefficient (Wildman–Crippen LogP) is 4.06. The van der Waals surface area contributed by atoms with Crippen LogP contribution in [-0.2, 0) is 16.1 Å². The van der Waals surface area contributed by atoms with E-state index < -0.39 is 5.97 Å².